The molecular formula is C28H46O. The minimum absolute atomic E-state index is 0.317. The standard InChI is InChI=1S/C28H46O/c1-19(2)7-6-8-20(3)24-13-14-25-23-12-10-21-9-11-22(29)15-17-27(21,4)26(23)16-18-28(24,25)5/h9,19-20,23-26H,6-8,10-18H2,1-5H3/t20-,23+,24-,25+,26+,27+,28-/m1/s1. The molecule has 0 unspecified atom stereocenters. The third-order valence-corrected chi connectivity index (χ3v) is 10.4. The van der Waals surface area contributed by atoms with Gasteiger partial charge in [-0.25, -0.2) is 0 Å². The van der Waals surface area contributed by atoms with Gasteiger partial charge in [0.25, 0.3) is 0 Å². The molecule has 164 valence electrons. The molecule has 7 atom stereocenters. The van der Waals surface area contributed by atoms with Gasteiger partial charge >= 0.3 is 0 Å². The maximum atomic E-state index is 12.2. The molecule has 1 heteroatoms. The molecule has 1 nitrogen and oxygen atoms in total. The van der Waals surface area contributed by atoms with Crippen LogP contribution in [0.2, 0.25) is 0 Å². The van der Waals surface area contributed by atoms with Gasteiger partial charge in [-0.15, -0.1) is 0 Å². The van der Waals surface area contributed by atoms with Gasteiger partial charge in [0.2, 0.25) is 0 Å². The highest BCUT2D eigenvalue weighted by molar-refractivity contribution is 5.80. The Bertz CT molecular complexity index is 645. The number of Topliss-reactive ketones (excluding diaryl/α,β-unsaturated/α-hetero) is 1. The van der Waals surface area contributed by atoms with Crippen LogP contribution in [0.4, 0.5) is 0 Å². The monoisotopic (exact) mass is 398 g/mol. The Hall–Kier alpha value is -0.590. The maximum Gasteiger partial charge on any atom is 0.136 e. The van der Waals surface area contributed by atoms with E-state index in [-0.39, 0.29) is 0 Å². The largest absolute Gasteiger partial charge is 0.299 e. The van der Waals surface area contributed by atoms with Crippen molar-refractivity contribution >= 4 is 5.78 Å². The molecule has 0 saturated heterocycles. The van der Waals surface area contributed by atoms with Crippen molar-refractivity contribution in [3.05, 3.63) is 11.6 Å². The lowest BCUT2D eigenvalue weighted by atomic mass is 9.47. The fraction of sp³-hybridized carbons (Fsp3) is 0.893. The summed E-state index contributed by atoms with van der Waals surface area (Å²) in [7, 11) is 0. The van der Waals surface area contributed by atoms with Gasteiger partial charge in [-0.1, -0.05) is 65.5 Å². The maximum absolute atomic E-state index is 12.2. The molecule has 3 fully saturated rings. The van der Waals surface area contributed by atoms with Crippen LogP contribution in [0.1, 0.15) is 112 Å². The first kappa shape index (κ1) is 21.6. The van der Waals surface area contributed by atoms with E-state index in [0.717, 1.165) is 48.3 Å². The number of fused-ring (bicyclic) bond motifs is 5. The Morgan fingerprint density at radius 3 is 2.52 bits per heavy atom. The van der Waals surface area contributed by atoms with Gasteiger partial charge in [-0.2, -0.15) is 0 Å². The number of hydrogen-bond donors (Lipinski definition) is 0. The molecule has 0 amide bonds. The van der Waals surface area contributed by atoms with Gasteiger partial charge in [-0.3, -0.25) is 4.79 Å². The number of ketones is 1. The molecular weight excluding hydrogens is 352 g/mol. The molecule has 4 aliphatic rings. The van der Waals surface area contributed by atoms with Crippen LogP contribution in [0.25, 0.3) is 0 Å². The van der Waals surface area contributed by atoms with Crippen molar-refractivity contribution in [3.8, 4) is 0 Å². The lowest BCUT2D eigenvalue weighted by Gasteiger charge is -2.58. The molecule has 4 rings (SSSR count). The first-order valence-electron chi connectivity index (χ1n) is 13.0. The fourth-order valence-corrected chi connectivity index (χ4v) is 8.77. The minimum atomic E-state index is 0.317. The lowest BCUT2D eigenvalue weighted by Crippen LogP contribution is -2.50. The smallest absolute Gasteiger partial charge is 0.136 e. The van der Waals surface area contributed by atoms with Crippen LogP contribution in [0.3, 0.4) is 0 Å². The van der Waals surface area contributed by atoms with E-state index < -0.39 is 0 Å². The van der Waals surface area contributed by atoms with Gasteiger partial charge in [-0.05, 0) is 91.3 Å². The first-order chi connectivity index (χ1) is 13.8. The Morgan fingerprint density at radius 1 is 0.966 bits per heavy atom. The predicted octanol–water partition coefficient (Wildman–Crippen LogP) is 7.99. The molecule has 29 heavy (non-hydrogen) atoms. The molecule has 0 radical (unpaired) electrons. The van der Waals surface area contributed by atoms with Crippen LogP contribution in [0.15, 0.2) is 11.6 Å². The zero-order valence-corrected chi connectivity index (χ0v) is 19.9. The first-order valence-corrected chi connectivity index (χ1v) is 13.0. The van der Waals surface area contributed by atoms with E-state index in [1.807, 2.05) is 0 Å². The van der Waals surface area contributed by atoms with Crippen LogP contribution in [-0.4, -0.2) is 5.78 Å². The highest BCUT2D eigenvalue weighted by Crippen LogP contribution is 2.67. The second-order valence-electron chi connectivity index (χ2n) is 12.3. The zero-order chi connectivity index (χ0) is 20.8. The van der Waals surface area contributed by atoms with E-state index >= 15 is 0 Å². The number of rotatable bonds is 5. The average Bonchev–Trinajstić information content (AvgIpc) is 2.94. The van der Waals surface area contributed by atoms with Crippen LogP contribution < -0.4 is 0 Å². The predicted molar refractivity (Wildman–Crippen MR) is 123 cm³/mol. The zero-order valence-electron chi connectivity index (χ0n) is 19.9. The van der Waals surface area contributed by atoms with Crippen LogP contribution >= 0.6 is 0 Å². The third-order valence-electron chi connectivity index (χ3n) is 10.4. The molecule has 0 aromatic rings. The van der Waals surface area contributed by atoms with Crippen molar-refractivity contribution < 1.29 is 4.79 Å². The second kappa shape index (κ2) is 8.16. The summed E-state index contributed by atoms with van der Waals surface area (Å²) in [5.74, 6) is 5.85. The normalized spacial score (nSPS) is 43.2. The van der Waals surface area contributed by atoms with Gasteiger partial charge in [0.1, 0.15) is 5.78 Å². The number of carbonyl (C=O) groups is 1. The van der Waals surface area contributed by atoms with Gasteiger partial charge in [0.05, 0.1) is 0 Å². The summed E-state index contributed by atoms with van der Waals surface area (Å²) >= 11 is 0. The summed E-state index contributed by atoms with van der Waals surface area (Å²) < 4.78 is 0. The van der Waals surface area contributed by atoms with Gasteiger partial charge < -0.3 is 0 Å². The van der Waals surface area contributed by atoms with E-state index in [2.05, 4.69) is 40.7 Å². The van der Waals surface area contributed by atoms with Crippen molar-refractivity contribution in [1.82, 2.24) is 0 Å². The summed E-state index contributed by atoms with van der Waals surface area (Å²) in [4.78, 5) is 12.2. The molecule has 4 aliphatic carbocycles. The Labute approximate surface area is 180 Å². The highest BCUT2D eigenvalue weighted by Gasteiger charge is 2.59. The molecule has 0 bridgehead atoms. The van der Waals surface area contributed by atoms with Crippen molar-refractivity contribution in [2.45, 2.75) is 112 Å². The highest BCUT2D eigenvalue weighted by atomic mass is 16.1. The van der Waals surface area contributed by atoms with Crippen LogP contribution in [0, 0.1) is 46.3 Å². The molecule has 0 aromatic heterocycles. The summed E-state index contributed by atoms with van der Waals surface area (Å²) in [5, 5.41) is 0. The Kier molecular flexibility index (Phi) is 6.09. The van der Waals surface area contributed by atoms with E-state index in [1.165, 1.54) is 57.8 Å². The minimum Gasteiger partial charge on any atom is -0.299 e. The summed E-state index contributed by atoms with van der Waals surface area (Å²) in [6, 6.07) is 0. The second-order valence-corrected chi connectivity index (χ2v) is 12.3. The van der Waals surface area contributed by atoms with E-state index in [1.54, 1.807) is 5.57 Å². The molecule has 0 heterocycles. The SMILES string of the molecule is CC(C)CCC[C@@H](C)[C@H]1CC[C@H]2[C@@H]3CCC4=CCC(=O)CC[C@]4(C)[C@H]3CC[C@]12C. The van der Waals surface area contributed by atoms with E-state index in [0.29, 0.717) is 23.0 Å². The number of hydrogen-bond acceptors (Lipinski definition) is 1. The third kappa shape index (κ3) is 3.78. The Morgan fingerprint density at radius 2 is 1.76 bits per heavy atom. The molecule has 0 spiro atoms. The summed E-state index contributed by atoms with van der Waals surface area (Å²) in [6.07, 6.45) is 17.7. The van der Waals surface area contributed by atoms with E-state index in [9.17, 15) is 4.79 Å². The quantitative estimate of drug-likeness (QED) is 0.429. The molecule has 3 saturated carbocycles. The molecule has 0 aliphatic heterocycles. The molecule has 0 aromatic carbocycles. The molecule has 0 N–H and O–H groups in total. The van der Waals surface area contributed by atoms with E-state index in [4.69, 9.17) is 0 Å². The number of carbonyl (C=O) groups excluding carboxylic acids is 1. The van der Waals surface area contributed by atoms with Crippen LogP contribution in [0.5, 0.6) is 0 Å². The van der Waals surface area contributed by atoms with Crippen molar-refractivity contribution in [2.75, 3.05) is 0 Å². The Balaban J connectivity index is 1.50. The lowest BCUT2D eigenvalue weighted by molar-refractivity contribution is -0.119. The van der Waals surface area contributed by atoms with Crippen molar-refractivity contribution in [1.29, 1.82) is 0 Å². The average molecular weight is 399 g/mol. The summed E-state index contributed by atoms with van der Waals surface area (Å²) in [5.41, 5.74) is 2.55. The van der Waals surface area contributed by atoms with Gasteiger partial charge in [0, 0.05) is 12.8 Å². The van der Waals surface area contributed by atoms with Gasteiger partial charge in [0.15, 0.2) is 0 Å². The number of allylic oxidation sites excluding steroid dienone is 2. The van der Waals surface area contributed by atoms with Crippen LogP contribution in [-0.2, 0) is 4.79 Å². The van der Waals surface area contributed by atoms with Crippen molar-refractivity contribution in [3.63, 3.8) is 0 Å². The topological polar surface area (TPSA) is 17.1 Å². The van der Waals surface area contributed by atoms with Crippen molar-refractivity contribution in [2.24, 2.45) is 46.3 Å². The summed E-state index contributed by atoms with van der Waals surface area (Å²) in [6.45, 7) is 12.5. The fourth-order valence-electron chi connectivity index (χ4n) is 8.77.